The van der Waals surface area contributed by atoms with Crippen LogP contribution in [0, 0.1) is 0 Å². The zero-order valence-electron chi connectivity index (χ0n) is 9.18. The smallest absolute Gasteiger partial charge is 0.335 e. The summed E-state index contributed by atoms with van der Waals surface area (Å²) >= 11 is 0. The molecule has 0 amide bonds. The fourth-order valence-corrected chi connectivity index (χ4v) is 1.56. The van der Waals surface area contributed by atoms with Crippen LogP contribution in [0.2, 0.25) is 0 Å². The molecule has 18 heavy (non-hydrogen) atoms. The topological polar surface area (TPSA) is 50.2 Å². The maximum atomic E-state index is 14.1. The number of carboxylic acids is 1. The zero-order valence-corrected chi connectivity index (χ0v) is 9.18. The fourth-order valence-electron chi connectivity index (χ4n) is 1.56. The van der Waals surface area contributed by atoms with Crippen LogP contribution in [-0.4, -0.2) is 16.1 Å². The first-order valence-electron chi connectivity index (χ1n) is 5.14. The minimum atomic E-state index is -3.26. The maximum Gasteiger partial charge on any atom is 0.335 e. The number of rotatable bonds is 3. The maximum absolute atomic E-state index is 14.1. The van der Waals surface area contributed by atoms with Crippen LogP contribution in [0.4, 0.5) is 8.78 Å². The average molecular weight is 249 g/mol. The van der Waals surface area contributed by atoms with Gasteiger partial charge in [0.25, 0.3) is 5.92 Å². The largest absolute Gasteiger partial charge is 0.478 e. The van der Waals surface area contributed by atoms with E-state index in [2.05, 4.69) is 4.98 Å². The van der Waals surface area contributed by atoms with E-state index >= 15 is 0 Å². The molecule has 0 bridgehead atoms. The molecule has 0 aliphatic carbocycles. The van der Waals surface area contributed by atoms with Crippen LogP contribution in [0.15, 0.2) is 48.8 Å². The van der Waals surface area contributed by atoms with Crippen molar-refractivity contribution in [2.75, 3.05) is 0 Å². The molecule has 1 N–H and O–H groups in total. The van der Waals surface area contributed by atoms with E-state index < -0.39 is 11.9 Å². The first-order chi connectivity index (χ1) is 8.51. The SMILES string of the molecule is O=C(O)c1cccc(C(F)(F)c2cccnc2)c1. The molecule has 1 aromatic heterocycles. The van der Waals surface area contributed by atoms with Gasteiger partial charge >= 0.3 is 5.97 Å². The van der Waals surface area contributed by atoms with E-state index in [0.29, 0.717) is 0 Å². The Bertz CT molecular complexity index is 570. The Morgan fingerprint density at radius 2 is 1.89 bits per heavy atom. The summed E-state index contributed by atoms with van der Waals surface area (Å²) in [6, 6.07) is 7.38. The van der Waals surface area contributed by atoms with Gasteiger partial charge in [-0.15, -0.1) is 0 Å². The summed E-state index contributed by atoms with van der Waals surface area (Å²) in [5.41, 5.74) is -0.806. The van der Waals surface area contributed by atoms with Gasteiger partial charge in [0.1, 0.15) is 0 Å². The van der Waals surface area contributed by atoms with E-state index in [1.165, 1.54) is 36.5 Å². The minimum absolute atomic E-state index is 0.170. The lowest BCUT2D eigenvalue weighted by Gasteiger charge is -2.17. The number of benzene rings is 1. The highest BCUT2D eigenvalue weighted by molar-refractivity contribution is 5.87. The summed E-state index contributed by atoms with van der Waals surface area (Å²) in [5.74, 6) is -4.50. The number of carbonyl (C=O) groups is 1. The second kappa shape index (κ2) is 4.52. The van der Waals surface area contributed by atoms with Crippen molar-refractivity contribution in [3.05, 3.63) is 65.5 Å². The van der Waals surface area contributed by atoms with Crippen LogP contribution in [-0.2, 0) is 5.92 Å². The number of aromatic nitrogens is 1. The normalized spacial score (nSPS) is 11.2. The molecule has 5 heteroatoms. The summed E-state index contributed by atoms with van der Waals surface area (Å²) in [6.45, 7) is 0. The molecule has 92 valence electrons. The Balaban J connectivity index is 2.47. The third-order valence-corrected chi connectivity index (χ3v) is 2.50. The minimum Gasteiger partial charge on any atom is -0.478 e. The van der Waals surface area contributed by atoms with Crippen LogP contribution < -0.4 is 0 Å². The van der Waals surface area contributed by atoms with E-state index in [-0.39, 0.29) is 16.7 Å². The lowest BCUT2D eigenvalue weighted by molar-refractivity contribution is 0.0423. The molecule has 0 fully saturated rings. The molecular weight excluding hydrogens is 240 g/mol. The highest BCUT2D eigenvalue weighted by atomic mass is 19.3. The molecule has 0 saturated heterocycles. The van der Waals surface area contributed by atoms with Crippen LogP contribution in [0.25, 0.3) is 0 Å². The van der Waals surface area contributed by atoms with Gasteiger partial charge in [-0.25, -0.2) is 4.79 Å². The van der Waals surface area contributed by atoms with Gasteiger partial charge in [0.15, 0.2) is 0 Å². The van der Waals surface area contributed by atoms with Crippen molar-refractivity contribution in [3.63, 3.8) is 0 Å². The average Bonchev–Trinajstić information content (AvgIpc) is 2.40. The van der Waals surface area contributed by atoms with Gasteiger partial charge in [0, 0.05) is 23.5 Å². The number of aromatic carboxylic acids is 1. The van der Waals surface area contributed by atoms with Crippen LogP contribution in [0.1, 0.15) is 21.5 Å². The van der Waals surface area contributed by atoms with Crippen LogP contribution in [0.3, 0.4) is 0 Å². The molecule has 0 aliphatic heterocycles. The van der Waals surface area contributed by atoms with Gasteiger partial charge in [-0.2, -0.15) is 8.78 Å². The molecule has 3 nitrogen and oxygen atoms in total. The molecule has 0 radical (unpaired) electrons. The Kier molecular flexibility index (Phi) is 3.06. The lowest BCUT2D eigenvalue weighted by Crippen LogP contribution is -2.16. The number of alkyl halides is 2. The summed E-state index contributed by atoms with van der Waals surface area (Å²) in [7, 11) is 0. The molecular formula is C13H9F2NO2. The van der Waals surface area contributed by atoms with Crippen molar-refractivity contribution in [2.24, 2.45) is 0 Å². The molecule has 2 rings (SSSR count). The van der Waals surface area contributed by atoms with E-state index in [9.17, 15) is 13.6 Å². The molecule has 1 heterocycles. The van der Waals surface area contributed by atoms with Crippen molar-refractivity contribution in [1.29, 1.82) is 0 Å². The highest BCUT2D eigenvalue weighted by Crippen LogP contribution is 2.35. The summed E-state index contributed by atoms with van der Waals surface area (Å²) < 4.78 is 28.2. The first kappa shape index (κ1) is 12.2. The van der Waals surface area contributed by atoms with E-state index in [0.717, 1.165) is 12.3 Å². The zero-order chi connectivity index (χ0) is 13.2. The monoisotopic (exact) mass is 249 g/mol. The molecule has 0 atom stereocenters. The molecule has 0 unspecified atom stereocenters. The van der Waals surface area contributed by atoms with Gasteiger partial charge in [-0.05, 0) is 24.3 Å². The number of hydrogen-bond acceptors (Lipinski definition) is 2. The molecule has 0 spiro atoms. The summed E-state index contributed by atoms with van der Waals surface area (Å²) in [4.78, 5) is 14.4. The van der Waals surface area contributed by atoms with E-state index in [1.807, 2.05) is 0 Å². The number of halogens is 2. The van der Waals surface area contributed by atoms with Crippen molar-refractivity contribution in [3.8, 4) is 0 Å². The highest BCUT2D eigenvalue weighted by Gasteiger charge is 2.34. The Hall–Kier alpha value is -2.30. The Morgan fingerprint density at radius 1 is 1.17 bits per heavy atom. The molecule has 1 aromatic carbocycles. The van der Waals surface area contributed by atoms with Gasteiger partial charge < -0.3 is 5.11 Å². The molecule has 2 aromatic rings. The Labute approximate surface area is 102 Å². The third kappa shape index (κ3) is 2.20. The van der Waals surface area contributed by atoms with Crippen LogP contribution >= 0.6 is 0 Å². The quantitative estimate of drug-likeness (QED) is 0.909. The second-order valence-corrected chi connectivity index (χ2v) is 3.70. The van der Waals surface area contributed by atoms with Crippen LogP contribution in [0.5, 0.6) is 0 Å². The van der Waals surface area contributed by atoms with Gasteiger partial charge in [-0.1, -0.05) is 12.1 Å². The molecule has 0 saturated carbocycles. The number of hydrogen-bond donors (Lipinski definition) is 1. The number of nitrogens with zero attached hydrogens (tertiary/aromatic N) is 1. The van der Waals surface area contributed by atoms with Crippen molar-refractivity contribution < 1.29 is 18.7 Å². The van der Waals surface area contributed by atoms with Gasteiger partial charge in [0.05, 0.1) is 5.56 Å². The standard InChI is InChI=1S/C13H9F2NO2/c14-13(15,11-5-2-6-16-8-11)10-4-1-3-9(7-10)12(17)18/h1-8H,(H,17,18). The van der Waals surface area contributed by atoms with Gasteiger partial charge in [-0.3, -0.25) is 4.98 Å². The number of carboxylic acid groups (broad SMARTS) is 1. The predicted octanol–water partition coefficient (Wildman–Crippen LogP) is 2.92. The first-order valence-corrected chi connectivity index (χ1v) is 5.14. The predicted molar refractivity (Wildman–Crippen MR) is 60.6 cm³/mol. The summed E-state index contributed by atoms with van der Waals surface area (Å²) in [6.07, 6.45) is 2.46. The molecule has 0 aliphatic rings. The van der Waals surface area contributed by atoms with Gasteiger partial charge in [0.2, 0.25) is 0 Å². The van der Waals surface area contributed by atoms with E-state index in [4.69, 9.17) is 5.11 Å². The van der Waals surface area contributed by atoms with Crippen molar-refractivity contribution in [1.82, 2.24) is 4.98 Å². The Morgan fingerprint density at radius 3 is 2.50 bits per heavy atom. The second-order valence-electron chi connectivity index (χ2n) is 3.70. The van der Waals surface area contributed by atoms with Crippen molar-refractivity contribution in [2.45, 2.75) is 5.92 Å². The number of pyridine rings is 1. The fraction of sp³-hybridized carbons (Fsp3) is 0.0769. The van der Waals surface area contributed by atoms with E-state index in [1.54, 1.807) is 0 Å². The third-order valence-electron chi connectivity index (χ3n) is 2.50. The van der Waals surface area contributed by atoms with Crippen molar-refractivity contribution >= 4 is 5.97 Å². The summed E-state index contributed by atoms with van der Waals surface area (Å²) in [5, 5.41) is 8.79. The lowest BCUT2D eigenvalue weighted by atomic mass is 10.00.